The lowest BCUT2D eigenvalue weighted by atomic mass is 10.2. The Morgan fingerprint density at radius 3 is 2.69 bits per heavy atom. The van der Waals surface area contributed by atoms with E-state index in [0.717, 1.165) is 16.6 Å². The van der Waals surface area contributed by atoms with Crippen molar-refractivity contribution in [2.75, 3.05) is 11.9 Å². The van der Waals surface area contributed by atoms with E-state index in [1.807, 2.05) is 18.2 Å². The summed E-state index contributed by atoms with van der Waals surface area (Å²) in [4.78, 5) is 20.3. The van der Waals surface area contributed by atoms with Gasteiger partial charge in [-0.3, -0.25) is 4.79 Å². The van der Waals surface area contributed by atoms with Crippen molar-refractivity contribution in [3.05, 3.63) is 72.5 Å². The number of rotatable bonds is 3. The first-order chi connectivity index (χ1) is 14.2. The highest BCUT2D eigenvalue weighted by Crippen LogP contribution is 2.31. The molecule has 2 heterocycles. The monoisotopic (exact) mass is 389 g/mol. The van der Waals surface area contributed by atoms with E-state index in [1.54, 1.807) is 36.4 Å². The Balaban J connectivity index is 1.34. The Bertz CT molecular complexity index is 1200. The predicted octanol–water partition coefficient (Wildman–Crippen LogP) is 4.15. The lowest BCUT2D eigenvalue weighted by Crippen LogP contribution is -2.40. The number of carbonyl (C=O) groups excluding carboxylic acids is 1. The minimum atomic E-state index is -0.739. The molecule has 0 spiro atoms. The van der Waals surface area contributed by atoms with E-state index in [2.05, 4.69) is 15.3 Å². The van der Waals surface area contributed by atoms with Crippen LogP contribution >= 0.6 is 0 Å². The smallest absolute Gasteiger partial charge is 0.269 e. The number of halogens is 1. The van der Waals surface area contributed by atoms with Gasteiger partial charge in [0.25, 0.3) is 5.91 Å². The summed E-state index contributed by atoms with van der Waals surface area (Å²) >= 11 is 0. The molecule has 3 aromatic carbocycles. The lowest BCUT2D eigenvalue weighted by Gasteiger charge is -2.25. The maximum absolute atomic E-state index is 13.1. The second kappa shape index (κ2) is 6.94. The zero-order valence-corrected chi connectivity index (χ0v) is 15.2. The molecule has 7 heteroatoms. The van der Waals surface area contributed by atoms with Crippen molar-refractivity contribution in [3.8, 4) is 22.9 Å². The Morgan fingerprint density at radius 2 is 1.86 bits per heavy atom. The van der Waals surface area contributed by atoms with Crippen LogP contribution in [0.25, 0.3) is 22.4 Å². The first-order valence-electron chi connectivity index (χ1n) is 9.11. The van der Waals surface area contributed by atoms with E-state index >= 15 is 0 Å². The van der Waals surface area contributed by atoms with E-state index in [1.165, 1.54) is 12.1 Å². The number of carbonyl (C=O) groups is 1. The maximum atomic E-state index is 13.1. The number of ether oxygens (including phenoxy) is 2. The number of para-hydroxylation sites is 2. The zero-order valence-electron chi connectivity index (χ0n) is 15.2. The van der Waals surface area contributed by atoms with Crippen LogP contribution in [0, 0.1) is 5.82 Å². The van der Waals surface area contributed by atoms with Crippen LogP contribution in [0.4, 0.5) is 10.1 Å². The predicted molar refractivity (Wildman–Crippen MR) is 106 cm³/mol. The summed E-state index contributed by atoms with van der Waals surface area (Å²) < 4.78 is 24.5. The molecule has 5 rings (SSSR count). The minimum Gasteiger partial charge on any atom is -0.485 e. The summed E-state index contributed by atoms with van der Waals surface area (Å²) in [5.41, 5.74) is 2.89. The van der Waals surface area contributed by atoms with Crippen LogP contribution in [-0.2, 0) is 4.79 Å². The molecular weight excluding hydrogens is 373 g/mol. The van der Waals surface area contributed by atoms with Gasteiger partial charge in [-0.25, -0.2) is 9.37 Å². The molecule has 144 valence electrons. The van der Waals surface area contributed by atoms with Gasteiger partial charge in [-0.2, -0.15) is 0 Å². The van der Waals surface area contributed by atoms with Gasteiger partial charge < -0.3 is 19.8 Å². The molecule has 1 amide bonds. The van der Waals surface area contributed by atoms with E-state index < -0.39 is 6.10 Å². The molecular formula is C22H16FN3O3. The molecule has 29 heavy (non-hydrogen) atoms. The van der Waals surface area contributed by atoms with Crippen LogP contribution < -0.4 is 14.8 Å². The molecule has 2 N–H and O–H groups in total. The number of fused-ring (bicyclic) bond motifs is 2. The van der Waals surface area contributed by atoms with Crippen molar-refractivity contribution in [3.63, 3.8) is 0 Å². The van der Waals surface area contributed by atoms with Crippen LogP contribution in [-0.4, -0.2) is 28.6 Å². The SMILES string of the molecule is O=C(Nc1ccc2nc(-c3ccc(F)cc3)[nH]c2c1)C1COc2ccccc2O1. The molecule has 0 saturated carbocycles. The molecule has 1 atom stereocenters. The van der Waals surface area contributed by atoms with Crippen LogP contribution in [0.3, 0.4) is 0 Å². The van der Waals surface area contributed by atoms with Crippen molar-refractivity contribution >= 4 is 22.6 Å². The molecule has 1 aliphatic rings. The summed E-state index contributed by atoms with van der Waals surface area (Å²) in [6, 6.07) is 18.7. The number of nitrogens with zero attached hydrogens (tertiary/aromatic N) is 1. The number of hydrogen-bond acceptors (Lipinski definition) is 4. The van der Waals surface area contributed by atoms with Gasteiger partial charge >= 0.3 is 0 Å². The third-order valence-corrected chi connectivity index (χ3v) is 4.67. The normalized spacial score (nSPS) is 15.3. The van der Waals surface area contributed by atoms with Crippen molar-refractivity contribution in [1.82, 2.24) is 9.97 Å². The Hall–Kier alpha value is -3.87. The second-order valence-electron chi connectivity index (χ2n) is 6.68. The highest BCUT2D eigenvalue weighted by molar-refractivity contribution is 5.96. The largest absolute Gasteiger partial charge is 0.485 e. The van der Waals surface area contributed by atoms with Gasteiger partial charge in [0.2, 0.25) is 6.10 Å². The van der Waals surface area contributed by atoms with Gasteiger partial charge in [0, 0.05) is 11.3 Å². The Morgan fingerprint density at radius 1 is 1.07 bits per heavy atom. The molecule has 0 saturated heterocycles. The average Bonchev–Trinajstić information content (AvgIpc) is 3.17. The number of hydrogen-bond donors (Lipinski definition) is 2. The molecule has 1 unspecified atom stereocenters. The quantitative estimate of drug-likeness (QED) is 0.552. The fourth-order valence-corrected chi connectivity index (χ4v) is 3.20. The number of amides is 1. The number of nitrogens with one attached hydrogen (secondary N) is 2. The second-order valence-corrected chi connectivity index (χ2v) is 6.68. The zero-order chi connectivity index (χ0) is 19.8. The van der Waals surface area contributed by atoms with Gasteiger partial charge in [0.15, 0.2) is 11.5 Å². The molecule has 1 aromatic heterocycles. The fourth-order valence-electron chi connectivity index (χ4n) is 3.20. The molecule has 0 bridgehead atoms. The molecule has 1 aliphatic heterocycles. The first-order valence-corrected chi connectivity index (χ1v) is 9.11. The first kappa shape index (κ1) is 17.2. The van der Waals surface area contributed by atoms with Crippen LogP contribution in [0.15, 0.2) is 66.7 Å². The van der Waals surface area contributed by atoms with Crippen LogP contribution in [0.5, 0.6) is 11.5 Å². The van der Waals surface area contributed by atoms with E-state index in [4.69, 9.17) is 9.47 Å². The number of imidazole rings is 1. The van der Waals surface area contributed by atoms with Gasteiger partial charge in [0.05, 0.1) is 11.0 Å². The topological polar surface area (TPSA) is 76.2 Å². The number of aromatic amines is 1. The van der Waals surface area contributed by atoms with Crippen LogP contribution in [0.2, 0.25) is 0 Å². The minimum absolute atomic E-state index is 0.143. The number of H-pyrrole nitrogens is 1. The molecule has 4 aromatic rings. The van der Waals surface area contributed by atoms with Crippen molar-refractivity contribution < 1.29 is 18.7 Å². The standard InChI is InChI=1S/C22H16FN3O3/c23-14-7-5-13(6-8-14)21-25-16-10-9-15(11-17(16)26-21)24-22(27)20-12-28-18-3-1-2-4-19(18)29-20/h1-11,20H,12H2,(H,24,27)(H,25,26). The molecule has 6 nitrogen and oxygen atoms in total. The lowest BCUT2D eigenvalue weighted by molar-refractivity contribution is -0.125. The summed E-state index contributed by atoms with van der Waals surface area (Å²) in [6.07, 6.45) is -0.739. The number of anilines is 1. The number of aromatic nitrogens is 2. The third kappa shape index (κ3) is 3.38. The summed E-state index contributed by atoms with van der Waals surface area (Å²) in [5.74, 6) is 1.21. The van der Waals surface area contributed by atoms with E-state index in [0.29, 0.717) is 23.0 Å². The maximum Gasteiger partial charge on any atom is 0.269 e. The van der Waals surface area contributed by atoms with Gasteiger partial charge in [-0.15, -0.1) is 0 Å². The fraction of sp³-hybridized carbons (Fsp3) is 0.0909. The molecule has 0 fully saturated rings. The van der Waals surface area contributed by atoms with Crippen LogP contribution in [0.1, 0.15) is 0 Å². The Labute approximate surface area is 165 Å². The van der Waals surface area contributed by atoms with Gasteiger partial charge in [0.1, 0.15) is 18.2 Å². The molecule has 0 radical (unpaired) electrons. The summed E-state index contributed by atoms with van der Waals surface area (Å²) in [6.45, 7) is 0.143. The number of benzene rings is 3. The summed E-state index contributed by atoms with van der Waals surface area (Å²) in [5, 5.41) is 2.85. The van der Waals surface area contributed by atoms with Gasteiger partial charge in [-0.05, 0) is 54.6 Å². The average molecular weight is 389 g/mol. The summed E-state index contributed by atoms with van der Waals surface area (Å²) in [7, 11) is 0. The van der Waals surface area contributed by atoms with Crippen molar-refractivity contribution in [1.29, 1.82) is 0 Å². The van der Waals surface area contributed by atoms with Crippen molar-refractivity contribution in [2.45, 2.75) is 6.10 Å². The van der Waals surface area contributed by atoms with Gasteiger partial charge in [-0.1, -0.05) is 12.1 Å². The third-order valence-electron chi connectivity index (χ3n) is 4.67. The van der Waals surface area contributed by atoms with E-state index in [-0.39, 0.29) is 18.3 Å². The van der Waals surface area contributed by atoms with Crippen molar-refractivity contribution in [2.24, 2.45) is 0 Å². The molecule has 0 aliphatic carbocycles. The highest BCUT2D eigenvalue weighted by Gasteiger charge is 2.27. The van der Waals surface area contributed by atoms with E-state index in [9.17, 15) is 9.18 Å². The Kier molecular flexibility index (Phi) is 4.13. The highest BCUT2D eigenvalue weighted by atomic mass is 19.1.